The van der Waals surface area contributed by atoms with Crippen LogP contribution in [0.25, 0.3) is 6.08 Å². The van der Waals surface area contributed by atoms with Crippen molar-refractivity contribution in [1.82, 2.24) is 10.2 Å². The standard InChI is InChI=1S/C15H16BrN3O/c1-3-12-9-14(19-18-12)17-15(20)7-6-11-5-4-10(2)8-13(11)16/h4-9H,3H2,1-2H3,(H2,17,18,19,20)/b7-6+. The van der Waals surface area contributed by atoms with Crippen LogP contribution in [0.2, 0.25) is 0 Å². The predicted octanol–water partition coefficient (Wildman–Crippen LogP) is 3.69. The molecule has 2 rings (SSSR count). The number of halogens is 1. The summed E-state index contributed by atoms with van der Waals surface area (Å²) in [6, 6.07) is 7.81. The van der Waals surface area contributed by atoms with E-state index < -0.39 is 0 Å². The van der Waals surface area contributed by atoms with Gasteiger partial charge in [-0.3, -0.25) is 9.89 Å². The van der Waals surface area contributed by atoms with E-state index in [1.807, 2.05) is 38.1 Å². The van der Waals surface area contributed by atoms with Crippen molar-refractivity contribution in [2.45, 2.75) is 20.3 Å². The lowest BCUT2D eigenvalue weighted by molar-refractivity contribution is -0.111. The zero-order chi connectivity index (χ0) is 14.5. The molecule has 4 nitrogen and oxygen atoms in total. The molecule has 2 aromatic rings. The number of anilines is 1. The smallest absolute Gasteiger partial charge is 0.249 e. The number of benzene rings is 1. The normalized spacial score (nSPS) is 10.9. The highest BCUT2D eigenvalue weighted by Crippen LogP contribution is 2.19. The van der Waals surface area contributed by atoms with Crippen LogP contribution in [0.4, 0.5) is 5.82 Å². The second-order valence-electron chi connectivity index (χ2n) is 4.48. The van der Waals surface area contributed by atoms with Gasteiger partial charge < -0.3 is 5.32 Å². The molecule has 0 bridgehead atoms. The van der Waals surface area contributed by atoms with Gasteiger partial charge in [0.25, 0.3) is 0 Å². The molecule has 2 N–H and O–H groups in total. The molecule has 5 heteroatoms. The second kappa shape index (κ2) is 6.52. The number of rotatable bonds is 4. The van der Waals surface area contributed by atoms with E-state index in [0.717, 1.165) is 22.2 Å². The Kier molecular flexibility index (Phi) is 4.74. The molecule has 1 heterocycles. The average molecular weight is 334 g/mol. The number of nitrogens with one attached hydrogen (secondary N) is 2. The van der Waals surface area contributed by atoms with Crippen LogP contribution in [0, 0.1) is 6.92 Å². The molecule has 104 valence electrons. The van der Waals surface area contributed by atoms with E-state index in [1.165, 1.54) is 11.6 Å². The third-order valence-corrected chi connectivity index (χ3v) is 3.52. The molecule has 0 spiro atoms. The maximum Gasteiger partial charge on any atom is 0.249 e. The third-order valence-electron chi connectivity index (χ3n) is 2.83. The highest BCUT2D eigenvalue weighted by atomic mass is 79.9. The van der Waals surface area contributed by atoms with Gasteiger partial charge in [-0.2, -0.15) is 5.10 Å². The summed E-state index contributed by atoms with van der Waals surface area (Å²) in [5, 5.41) is 9.58. The number of H-pyrrole nitrogens is 1. The van der Waals surface area contributed by atoms with Gasteiger partial charge in [-0.25, -0.2) is 0 Å². The van der Waals surface area contributed by atoms with E-state index in [2.05, 4.69) is 31.4 Å². The van der Waals surface area contributed by atoms with E-state index in [0.29, 0.717) is 5.82 Å². The number of hydrogen-bond donors (Lipinski definition) is 2. The van der Waals surface area contributed by atoms with E-state index in [-0.39, 0.29) is 5.91 Å². The van der Waals surface area contributed by atoms with E-state index in [1.54, 1.807) is 6.08 Å². The van der Waals surface area contributed by atoms with E-state index in [4.69, 9.17) is 0 Å². The molecule has 0 saturated carbocycles. The van der Waals surface area contributed by atoms with Crippen LogP contribution in [-0.2, 0) is 11.2 Å². The lowest BCUT2D eigenvalue weighted by Gasteiger charge is -2.00. The quantitative estimate of drug-likeness (QED) is 0.838. The Morgan fingerprint density at radius 1 is 1.45 bits per heavy atom. The van der Waals surface area contributed by atoms with Gasteiger partial charge in [-0.1, -0.05) is 35.0 Å². The van der Waals surface area contributed by atoms with Gasteiger partial charge in [-0.05, 0) is 36.6 Å². The molecular formula is C15H16BrN3O. The summed E-state index contributed by atoms with van der Waals surface area (Å²) < 4.78 is 0.967. The molecule has 1 amide bonds. The summed E-state index contributed by atoms with van der Waals surface area (Å²) in [7, 11) is 0. The maximum absolute atomic E-state index is 11.8. The largest absolute Gasteiger partial charge is 0.306 e. The van der Waals surface area contributed by atoms with Crippen LogP contribution in [0.5, 0.6) is 0 Å². The van der Waals surface area contributed by atoms with Crippen molar-refractivity contribution in [2.24, 2.45) is 0 Å². The average Bonchev–Trinajstić information content (AvgIpc) is 2.85. The fourth-order valence-electron chi connectivity index (χ4n) is 1.71. The summed E-state index contributed by atoms with van der Waals surface area (Å²) in [5.41, 5.74) is 3.12. The van der Waals surface area contributed by atoms with Gasteiger partial charge >= 0.3 is 0 Å². The number of aromatic nitrogens is 2. The first kappa shape index (κ1) is 14.5. The van der Waals surface area contributed by atoms with Crippen LogP contribution in [0.3, 0.4) is 0 Å². The van der Waals surface area contributed by atoms with Crippen molar-refractivity contribution in [3.05, 3.63) is 51.6 Å². The number of aryl methyl sites for hydroxylation is 2. The Morgan fingerprint density at radius 2 is 2.25 bits per heavy atom. The van der Waals surface area contributed by atoms with Gasteiger partial charge in [0, 0.05) is 22.3 Å². The van der Waals surface area contributed by atoms with Crippen molar-refractivity contribution in [3.8, 4) is 0 Å². The van der Waals surface area contributed by atoms with Crippen LogP contribution < -0.4 is 5.32 Å². The van der Waals surface area contributed by atoms with Crippen LogP contribution in [0.15, 0.2) is 34.8 Å². The molecule has 1 aromatic carbocycles. The third kappa shape index (κ3) is 3.81. The lowest BCUT2D eigenvalue weighted by atomic mass is 10.1. The molecular weight excluding hydrogens is 318 g/mol. The van der Waals surface area contributed by atoms with Crippen molar-refractivity contribution >= 4 is 33.7 Å². The Labute approximate surface area is 126 Å². The zero-order valence-corrected chi connectivity index (χ0v) is 13.0. The summed E-state index contributed by atoms with van der Waals surface area (Å²) in [6.45, 7) is 4.04. The van der Waals surface area contributed by atoms with Gasteiger partial charge in [0.2, 0.25) is 5.91 Å². The highest BCUT2D eigenvalue weighted by molar-refractivity contribution is 9.10. The number of amides is 1. The summed E-state index contributed by atoms with van der Waals surface area (Å²) in [5.74, 6) is 0.339. The minimum Gasteiger partial charge on any atom is -0.306 e. The Hall–Kier alpha value is -1.88. The fourth-order valence-corrected chi connectivity index (χ4v) is 2.33. The molecule has 0 fully saturated rings. The molecule has 0 aliphatic rings. The molecule has 0 atom stereocenters. The van der Waals surface area contributed by atoms with Crippen LogP contribution >= 0.6 is 15.9 Å². The van der Waals surface area contributed by atoms with Gasteiger partial charge in [0.1, 0.15) is 0 Å². The lowest BCUT2D eigenvalue weighted by Crippen LogP contribution is -2.07. The molecule has 0 aliphatic carbocycles. The first-order valence-corrected chi connectivity index (χ1v) is 7.17. The minimum atomic E-state index is -0.202. The highest BCUT2D eigenvalue weighted by Gasteiger charge is 2.03. The molecule has 20 heavy (non-hydrogen) atoms. The minimum absolute atomic E-state index is 0.202. The van der Waals surface area contributed by atoms with E-state index >= 15 is 0 Å². The van der Waals surface area contributed by atoms with Gasteiger partial charge in [-0.15, -0.1) is 0 Å². The topological polar surface area (TPSA) is 57.8 Å². The second-order valence-corrected chi connectivity index (χ2v) is 5.33. The number of carbonyl (C=O) groups is 1. The van der Waals surface area contributed by atoms with Crippen molar-refractivity contribution in [3.63, 3.8) is 0 Å². The number of carbonyl (C=O) groups excluding carboxylic acids is 1. The Bertz CT molecular complexity index is 646. The number of aromatic amines is 1. The Morgan fingerprint density at radius 3 is 2.90 bits per heavy atom. The number of hydrogen-bond acceptors (Lipinski definition) is 2. The maximum atomic E-state index is 11.8. The summed E-state index contributed by atoms with van der Waals surface area (Å²) in [4.78, 5) is 11.8. The van der Waals surface area contributed by atoms with Crippen molar-refractivity contribution in [1.29, 1.82) is 0 Å². The molecule has 0 saturated heterocycles. The van der Waals surface area contributed by atoms with Crippen LogP contribution in [0.1, 0.15) is 23.7 Å². The van der Waals surface area contributed by atoms with Gasteiger partial charge in [0.05, 0.1) is 0 Å². The summed E-state index contributed by atoms with van der Waals surface area (Å²) in [6.07, 6.45) is 4.12. The fraction of sp³-hybridized carbons (Fsp3) is 0.200. The molecule has 1 aromatic heterocycles. The molecule has 0 radical (unpaired) electrons. The molecule has 0 unspecified atom stereocenters. The monoisotopic (exact) mass is 333 g/mol. The Balaban J connectivity index is 2.01. The SMILES string of the molecule is CCc1cc(NC(=O)/C=C/c2ccc(C)cc2Br)n[nH]1. The predicted molar refractivity (Wildman–Crippen MR) is 84.5 cm³/mol. The van der Waals surface area contributed by atoms with E-state index in [9.17, 15) is 4.79 Å². The first-order valence-electron chi connectivity index (χ1n) is 6.38. The number of nitrogens with zero attached hydrogens (tertiary/aromatic N) is 1. The molecule has 0 aliphatic heterocycles. The zero-order valence-electron chi connectivity index (χ0n) is 11.4. The first-order chi connectivity index (χ1) is 9.58. The van der Waals surface area contributed by atoms with Crippen molar-refractivity contribution in [2.75, 3.05) is 5.32 Å². The van der Waals surface area contributed by atoms with Crippen LogP contribution in [-0.4, -0.2) is 16.1 Å². The summed E-state index contributed by atoms with van der Waals surface area (Å²) >= 11 is 3.48. The van der Waals surface area contributed by atoms with Gasteiger partial charge in [0.15, 0.2) is 5.82 Å². The van der Waals surface area contributed by atoms with Crippen molar-refractivity contribution < 1.29 is 4.79 Å².